The number of benzene rings is 2. The lowest BCUT2D eigenvalue weighted by atomic mass is 10.2. The van der Waals surface area contributed by atoms with Crippen LogP contribution in [0.2, 0.25) is 5.02 Å². The van der Waals surface area contributed by atoms with E-state index in [-0.39, 0.29) is 5.56 Å². The Hall–Kier alpha value is -3.49. The van der Waals surface area contributed by atoms with E-state index in [4.69, 9.17) is 21.0 Å². The molecular weight excluding hydrogens is 446 g/mol. The largest absolute Gasteiger partial charge is 0.420 e. The zero-order valence-corrected chi connectivity index (χ0v) is 18.5. The van der Waals surface area contributed by atoms with Crippen LogP contribution in [0.15, 0.2) is 81.2 Å². The molecule has 9 heteroatoms. The number of aromatic nitrogens is 5. The van der Waals surface area contributed by atoms with Crippen molar-refractivity contribution in [3.05, 3.63) is 93.7 Å². The standard InChI is InChI=1S/C23H16ClN5O2S/c1-14-10-11-25-19(12-14)29-22(30)17-4-2-3-5-18(17)26-23(29)32-13-20-27-28-21(31-20)15-6-8-16(24)9-7-15/h2-12H,13H2,1H3. The van der Waals surface area contributed by atoms with Crippen LogP contribution in [0.25, 0.3) is 28.2 Å². The summed E-state index contributed by atoms with van der Waals surface area (Å²) in [5.74, 6) is 1.69. The summed E-state index contributed by atoms with van der Waals surface area (Å²) in [6.45, 7) is 1.95. The Bertz CT molecular complexity index is 1480. The van der Waals surface area contributed by atoms with Gasteiger partial charge in [-0.25, -0.2) is 14.5 Å². The van der Waals surface area contributed by atoms with Crippen molar-refractivity contribution in [2.24, 2.45) is 0 Å². The Morgan fingerprint density at radius 3 is 2.69 bits per heavy atom. The molecular formula is C23H16ClN5O2S. The van der Waals surface area contributed by atoms with Crippen LogP contribution >= 0.6 is 23.4 Å². The van der Waals surface area contributed by atoms with Gasteiger partial charge in [0.2, 0.25) is 11.8 Å². The van der Waals surface area contributed by atoms with Crippen LogP contribution in [0.1, 0.15) is 11.5 Å². The van der Waals surface area contributed by atoms with Crippen molar-refractivity contribution in [3.8, 4) is 17.3 Å². The van der Waals surface area contributed by atoms with E-state index in [0.717, 1.165) is 11.1 Å². The van der Waals surface area contributed by atoms with E-state index in [0.29, 0.717) is 44.4 Å². The van der Waals surface area contributed by atoms with Gasteiger partial charge in [0.1, 0.15) is 5.82 Å². The highest BCUT2D eigenvalue weighted by Gasteiger charge is 2.16. The van der Waals surface area contributed by atoms with Crippen LogP contribution in [-0.2, 0) is 5.75 Å². The van der Waals surface area contributed by atoms with Gasteiger partial charge >= 0.3 is 0 Å². The zero-order valence-electron chi connectivity index (χ0n) is 16.9. The lowest BCUT2D eigenvalue weighted by Gasteiger charge is -2.12. The van der Waals surface area contributed by atoms with Gasteiger partial charge in [-0.15, -0.1) is 10.2 Å². The number of fused-ring (bicyclic) bond motifs is 1. The summed E-state index contributed by atoms with van der Waals surface area (Å²) < 4.78 is 7.32. The Kier molecular flexibility index (Phi) is 5.46. The lowest BCUT2D eigenvalue weighted by molar-refractivity contribution is 0.528. The van der Waals surface area contributed by atoms with Gasteiger partial charge in [-0.2, -0.15) is 0 Å². The van der Waals surface area contributed by atoms with E-state index in [1.54, 1.807) is 24.4 Å². The summed E-state index contributed by atoms with van der Waals surface area (Å²) in [4.78, 5) is 22.4. The molecule has 7 nitrogen and oxygen atoms in total. The fraction of sp³-hybridized carbons (Fsp3) is 0.0870. The Labute approximate surface area is 192 Å². The minimum Gasteiger partial charge on any atom is -0.420 e. The van der Waals surface area contributed by atoms with Crippen LogP contribution < -0.4 is 5.56 Å². The highest BCUT2D eigenvalue weighted by atomic mass is 35.5. The van der Waals surface area contributed by atoms with E-state index in [2.05, 4.69) is 15.2 Å². The minimum absolute atomic E-state index is 0.177. The second-order valence-corrected chi connectivity index (χ2v) is 8.42. The number of hydrogen-bond acceptors (Lipinski definition) is 7. The van der Waals surface area contributed by atoms with E-state index in [9.17, 15) is 4.79 Å². The summed E-state index contributed by atoms with van der Waals surface area (Å²) in [6, 6.07) is 18.2. The number of hydrogen-bond donors (Lipinski definition) is 0. The van der Waals surface area contributed by atoms with E-state index in [1.165, 1.54) is 16.3 Å². The van der Waals surface area contributed by atoms with Crippen LogP contribution in [0.4, 0.5) is 0 Å². The summed E-state index contributed by atoms with van der Waals surface area (Å²) in [6.07, 6.45) is 1.68. The van der Waals surface area contributed by atoms with Gasteiger partial charge < -0.3 is 4.42 Å². The SMILES string of the molecule is Cc1ccnc(-n2c(SCc3nnc(-c4ccc(Cl)cc4)o3)nc3ccccc3c2=O)c1. The molecule has 32 heavy (non-hydrogen) atoms. The van der Waals surface area contributed by atoms with Crippen LogP contribution in [0, 0.1) is 6.92 Å². The minimum atomic E-state index is -0.177. The molecule has 0 atom stereocenters. The van der Waals surface area contributed by atoms with Crippen molar-refractivity contribution in [1.29, 1.82) is 0 Å². The molecule has 0 saturated carbocycles. The molecule has 0 amide bonds. The molecule has 5 rings (SSSR count). The van der Waals surface area contributed by atoms with Gasteiger partial charge in [0, 0.05) is 16.8 Å². The van der Waals surface area contributed by atoms with Crippen molar-refractivity contribution in [2.75, 3.05) is 0 Å². The summed E-state index contributed by atoms with van der Waals surface area (Å²) in [7, 11) is 0. The average Bonchev–Trinajstić information content (AvgIpc) is 3.27. The molecule has 3 heterocycles. The van der Waals surface area contributed by atoms with Crippen molar-refractivity contribution in [1.82, 2.24) is 24.7 Å². The second-order valence-electron chi connectivity index (χ2n) is 7.04. The monoisotopic (exact) mass is 461 g/mol. The zero-order chi connectivity index (χ0) is 22.1. The van der Waals surface area contributed by atoms with Crippen molar-refractivity contribution >= 4 is 34.3 Å². The third-order valence-corrected chi connectivity index (χ3v) is 5.93. The van der Waals surface area contributed by atoms with E-state index >= 15 is 0 Å². The molecule has 0 saturated heterocycles. The highest BCUT2D eigenvalue weighted by Crippen LogP contribution is 2.26. The third-order valence-electron chi connectivity index (χ3n) is 4.76. The van der Waals surface area contributed by atoms with Gasteiger partial charge in [0.15, 0.2) is 5.16 Å². The molecule has 0 aliphatic rings. The highest BCUT2D eigenvalue weighted by molar-refractivity contribution is 7.98. The number of nitrogens with zero attached hydrogens (tertiary/aromatic N) is 5. The van der Waals surface area contributed by atoms with Crippen LogP contribution in [0.5, 0.6) is 0 Å². The molecule has 158 valence electrons. The fourth-order valence-corrected chi connectivity index (χ4v) is 4.16. The van der Waals surface area contributed by atoms with E-state index < -0.39 is 0 Å². The first kappa shape index (κ1) is 20.4. The quantitative estimate of drug-likeness (QED) is 0.266. The Morgan fingerprint density at radius 1 is 1.06 bits per heavy atom. The number of pyridine rings is 1. The molecule has 0 unspecified atom stereocenters. The van der Waals surface area contributed by atoms with Gasteiger partial charge in [0.05, 0.1) is 16.7 Å². The van der Waals surface area contributed by atoms with Crippen LogP contribution in [0.3, 0.4) is 0 Å². The summed E-state index contributed by atoms with van der Waals surface area (Å²) in [5.41, 5.74) is 2.22. The fourth-order valence-electron chi connectivity index (χ4n) is 3.20. The maximum atomic E-state index is 13.3. The maximum Gasteiger partial charge on any atom is 0.267 e. The molecule has 2 aromatic carbocycles. The van der Waals surface area contributed by atoms with Gasteiger partial charge in [-0.05, 0) is 61.0 Å². The van der Waals surface area contributed by atoms with Gasteiger partial charge in [0.25, 0.3) is 5.56 Å². The molecule has 0 fully saturated rings. The van der Waals surface area contributed by atoms with Crippen molar-refractivity contribution < 1.29 is 4.42 Å². The first-order valence-electron chi connectivity index (χ1n) is 9.74. The first-order chi connectivity index (χ1) is 15.6. The normalized spacial score (nSPS) is 11.2. The number of thioether (sulfide) groups is 1. The number of halogens is 1. The molecule has 0 aliphatic carbocycles. The summed E-state index contributed by atoms with van der Waals surface area (Å²) in [5, 5.41) is 9.91. The third kappa shape index (κ3) is 4.02. The Balaban J connectivity index is 1.51. The smallest absolute Gasteiger partial charge is 0.267 e. The molecule has 0 radical (unpaired) electrons. The van der Waals surface area contributed by atoms with E-state index in [1.807, 2.05) is 49.4 Å². The predicted octanol–water partition coefficient (Wildman–Crippen LogP) is 5.08. The maximum absolute atomic E-state index is 13.3. The predicted molar refractivity (Wildman–Crippen MR) is 124 cm³/mol. The lowest BCUT2D eigenvalue weighted by Crippen LogP contribution is -2.22. The molecule has 3 aromatic heterocycles. The number of rotatable bonds is 5. The van der Waals surface area contributed by atoms with Crippen LogP contribution in [-0.4, -0.2) is 24.7 Å². The second kappa shape index (κ2) is 8.57. The first-order valence-corrected chi connectivity index (χ1v) is 11.1. The van der Waals surface area contributed by atoms with Gasteiger partial charge in [-0.1, -0.05) is 35.5 Å². The average molecular weight is 462 g/mol. The molecule has 5 aromatic rings. The summed E-state index contributed by atoms with van der Waals surface area (Å²) >= 11 is 7.28. The van der Waals surface area contributed by atoms with Crippen molar-refractivity contribution in [2.45, 2.75) is 17.8 Å². The molecule has 0 aliphatic heterocycles. The Morgan fingerprint density at radius 2 is 1.88 bits per heavy atom. The topological polar surface area (TPSA) is 86.7 Å². The molecule has 0 N–H and O–H groups in total. The number of para-hydroxylation sites is 1. The number of aryl methyl sites for hydroxylation is 1. The molecule has 0 spiro atoms. The van der Waals surface area contributed by atoms with Gasteiger partial charge in [-0.3, -0.25) is 4.79 Å². The molecule has 0 bridgehead atoms. The van der Waals surface area contributed by atoms with Crippen molar-refractivity contribution in [3.63, 3.8) is 0 Å².